The van der Waals surface area contributed by atoms with Gasteiger partial charge in [-0.05, 0) is 12.8 Å². The van der Waals surface area contributed by atoms with E-state index in [0.717, 1.165) is 32.2 Å². The SMILES string of the molecule is COCC1(CNC2=NCCN2C)CCCCC1. The van der Waals surface area contributed by atoms with Crippen molar-refractivity contribution < 1.29 is 4.74 Å². The highest BCUT2D eigenvalue weighted by molar-refractivity contribution is 5.81. The van der Waals surface area contributed by atoms with Crippen LogP contribution in [-0.2, 0) is 4.74 Å². The molecule has 0 unspecified atom stereocenters. The molecule has 0 amide bonds. The molecule has 1 aliphatic carbocycles. The molecule has 1 fully saturated rings. The minimum absolute atomic E-state index is 0.332. The van der Waals surface area contributed by atoms with Crippen LogP contribution in [0, 0.1) is 5.41 Å². The molecule has 1 aliphatic heterocycles. The Morgan fingerprint density at radius 1 is 1.35 bits per heavy atom. The average molecular weight is 239 g/mol. The van der Waals surface area contributed by atoms with E-state index in [1.807, 2.05) is 7.11 Å². The van der Waals surface area contributed by atoms with Crippen LogP contribution in [0.4, 0.5) is 0 Å². The van der Waals surface area contributed by atoms with Crippen LogP contribution in [0.2, 0.25) is 0 Å². The molecule has 4 nitrogen and oxygen atoms in total. The number of nitrogens with zero attached hydrogens (tertiary/aromatic N) is 2. The first kappa shape index (κ1) is 12.7. The quantitative estimate of drug-likeness (QED) is 0.807. The Hall–Kier alpha value is -0.770. The Morgan fingerprint density at radius 2 is 2.12 bits per heavy atom. The fourth-order valence-corrected chi connectivity index (χ4v) is 2.97. The molecule has 4 heteroatoms. The van der Waals surface area contributed by atoms with E-state index in [9.17, 15) is 0 Å². The van der Waals surface area contributed by atoms with Gasteiger partial charge in [-0.2, -0.15) is 0 Å². The summed E-state index contributed by atoms with van der Waals surface area (Å²) in [5.41, 5.74) is 0.332. The molecule has 2 rings (SSSR count). The van der Waals surface area contributed by atoms with E-state index in [4.69, 9.17) is 4.74 Å². The first-order valence-electron chi connectivity index (χ1n) is 6.74. The maximum absolute atomic E-state index is 5.43. The first-order valence-corrected chi connectivity index (χ1v) is 6.74. The van der Waals surface area contributed by atoms with Crippen molar-refractivity contribution in [1.82, 2.24) is 10.2 Å². The van der Waals surface area contributed by atoms with E-state index in [-0.39, 0.29) is 0 Å². The maximum Gasteiger partial charge on any atom is 0.193 e. The van der Waals surface area contributed by atoms with E-state index in [1.165, 1.54) is 32.1 Å². The second-order valence-corrected chi connectivity index (χ2v) is 5.47. The van der Waals surface area contributed by atoms with E-state index >= 15 is 0 Å². The van der Waals surface area contributed by atoms with E-state index < -0.39 is 0 Å². The molecule has 0 saturated heterocycles. The molecule has 0 aromatic rings. The molecule has 0 aromatic heterocycles. The first-order chi connectivity index (χ1) is 8.26. The molecule has 1 N–H and O–H groups in total. The Balaban J connectivity index is 1.88. The van der Waals surface area contributed by atoms with Crippen LogP contribution < -0.4 is 5.32 Å². The van der Waals surface area contributed by atoms with E-state index in [2.05, 4.69) is 22.3 Å². The Bertz CT molecular complexity index is 266. The highest BCUT2D eigenvalue weighted by atomic mass is 16.5. The van der Waals surface area contributed by atoms with Gasteiger partial charge in [0.2, 0.25) is 0 Å². The topological polar surface area (TPSA) is 36.9 Å². The van der Waals surface area contributed by atoms with Crippen molar-refractivity contribution >= 4 is 5.96 Å². The molecule has 17 heavy (non-hydrogen) atoms. The summed E-state index contributed by atoms with van der Waals surface area (Å²) in [5, 5.41) is 3.52. The van der Waals surface area contributed by atoms with E-state index in [0.29, 0.717) is 5.41 Å². The molecule has 2 aliphatic rings. The Kier molecular flexibility index (Phi) is 4.26. The van der Waals surface area contributed by atoms with Gasteiger partial charge in [0.15, 0.2) is 5.96 Å². The molecule has 1 saturated carbocycles. The van der Waals surface area contributed by atoms with Crippen molar-refractivity contribution in [2.24, 2.45) is 10.4 Å². The normalized spacial score (nSPS) is 23.6. The molecule has 0 atom stereocenters. The molecule has 0 spiro atoms. The molecule has 0 bridgehead atoms. The lowest BCUT2D eigenvalue weighted by Crippen LogP contribution is -2.45. The lowest BCUT2D eigenvalue weighted by Gasteiger charge is -2.37. The summed E-state index contributed by atoms with van der Waals surface area (Å²) in [5.74, 6) is 1.06. The van der Waals surface area contributed by atoms with Crippen LogP contribution in [0.25, 0.3) is 0 Å². The number of likely N-dealkylation sites (N-methyl/N-ethyl adjacent to an activating group) is 1. The standard InChI is InChI=1S/C13H25N3O/c1-16-9-8-14-12(16)15-10-13(11-17-2)6-4-3-5-7-13/h3-11H2,1-2H3,(H,14,15). The van der Waals surface area contributed by atoms with Crippen molar-refractivity contribution in [3.63, 3.8) is 0 Å². The molecule has 0 aromatic carbocycles. The summed E-state index contributed by atoms with van der Waals surface area (Å²) in [6.45, 7) is 3.84. The van der Waals surface area contributed by atoms with E-state index in [1.54, 1.807) is 0 Å². The number of hydrogen-bond donors (Lipinski definition) is 1. The van der Waals surface area contributed by atoms with Crippen LogP contribution in [0.5, 0.6) is 0 Å². The average Bonchev–Trinajstić information content (AvgIpc) is 2.74. The second kappa shape index (κ2) is 5.71. The fraction of sp³-hybridized carbons (Fsp3) is 0.923. The number of nitrogens with one attached hydrogen (secondary N) is 1. The van der Waals surface area contributed by atoms with Gasteiger partial charge in [-0.25, -0.2) is 0 Å². The number of aliphatic imine (C=N–C) groups is 1. The third kappa shape index (κ3) is 3.12. The summed E-state index contributed by atoms with van der Waals surface area (Å²) in [6, 6.07) is 0. The summed E-state index contributed by atoms with van der Waals surface area (Å²) in [7, 11) is 3.91. The predicted molar refractivity (Wildman–Crippen MR) is 70.3 cm³/mol. The van der Waals surface area contributed by atoms with Crippen LogP contribution in [0.1, 0.15) is 32.1 Å². The minimum Gasteiger partial charge on any atom is -0.384 e. The smallest absolute Gasteiger partial charge is 0.193 e. The predicted octanol–water partition coefficient (Wildman–Crippen LogP) is 1.47. The van der Waals surface area contributed by atoms with Crippen LogP contribution in [-0.4, -0.2) is 51.3 Å². The summed E-state index contributed by atoms with van der Waals surface area (Å²) in [4.78, 5) is 6.68. The fourth-order valence-electron chi connectivity index (χ4n) is 2.97. The number of guanidine groups is 1. The van der Waals surface area contributed by atoms with Crippen molar-refractivity contribution in [2.75, 3.05) is 40.4 Å². The van der Waals surface area contributed by atoms with Crippen LogP contribution >= 0.6 is 0 Å². The minimum atomic E-state index is 0.332. The van der Waals surface area contributed by atoms with Crippen molar-refractivity contribution in [1.29, 1.82) is 0 Å². The molecule has 98 valence electrons. The zero-order valence-corrected chi connectivity index (χ0v) is 11.2. The summed E-state index contributed by atoms with van der Waals surface area (Å²) >= 11 is 0. The van der Waals surface area contributed by atoms with Gasteiger partial charge < -0.3 is 15.0 Å². The van der Waals surface area contributed by atoms with Gasteiger partial charge in [-0.15, -0.1) is 0 Å². The van der Waals surface area contributed by atoms with Crippen molar-refractivity contribution in [2.45, 2.75) is 32.1 Å². The van der Waals surface area contributed by atoms with Crippen LogP contribution in [0.3, 0.4) is 0 Å². The third-order valence-corrected chi connectivity index (χ3v) is 4.04. The third-order valence-electron chi connectivity index (χ3n) is 4.04. The van der Waals surface area contributed by atoms with Gasteiger partial charge in [-0.1, -0.05) is 19.3 Å². The monoisotopic (exact) mass is 239 g/mol. The summed E-state index contributed by atoms with van der Waals surface area (Å²) in [6.07, 6.45) is 6.63. The zero-order chi connectivity index (χ0) is 12.1. The second-order valence-electron chi connectivity index (χ2n) is 5.47. The number of rotatable bonds is 4. The Labute approximate surface area is 104 Å². The van der Waals surface area contributed by atoms with Gasteiger partial charge in [0, 0.05) is 32.7 Å². The Morgan fingerprint density at radius 3 is 2.71 bits per heavy atom. The van der Waals surface area contributed by atoms with Gasteiger partial charge in [0.05, 0.1) is 13.2 Å². The van der Waals surface area contributed by atoms with Gasteiger partial charge in [0.25, 0.3) is 0 Å². The van der Waals surface area contributed by atoms with Crippen molar-refractivity contribution in [3.05, 3.63) is 0 Å². The van der Waals surface area contributed by atoms with Crippen LogP contribution in [0.15, 0.2) is 4.99 Å². The number of methoxy groups -OCH3 is 1. The van der Waals surface area contributed by atoms with Gasteiger partial charge in [-0.3, -0.25) is 4.99 Å². The molecular formula is C13H25N3O. The molecule has 0 radical (unpaired) electrons. The highest BCUT2D eigenvalue weighted by Crippen LogP contribution is 2.35. The van der Waals surface area contributed by atoms with Gasteiger partial charge in [0.1, 0.15) is 0 Å². The zero-order valence-electron chi connectivity index (χ0n) is 11.2. The maximum atomic E-state index is 5.43. The van der Waals surface area contributed by atoms with Crippen molar-refractivity contribution in [3.8, 4) is 0 Å². The number of hydrogen-bond acceptors (Lipinski definition) is 4. The lowest BCUT2D eigenvalue weighted by atomic mass is 9.74. The lowest BCUT2D eigenvalue weighted by molar-refractivity contribution is 0.0514. The van der Waals surface area contributed by atoms with Gasteiger partial charge >= 0.3 is 0 Å². The molecule has 1 heterocycles. The largest absolute Gasteiger partial charge is 0.384 e. The highest BCUT2D eigenvalue weighted by Gasteiger charge is 2.32. The molecular weight excluding hydrogens is 214 g/mol. The number of ether oxygens (including phenoxy) is 1. The summed E-state index contributed by atoms with van der Waals surface area (Å²) < 4.78 is 5.43.